The third-order valence-electron chi connectivity index (χ3n) is 1.76. The summed E-state index contributed by atoms with van der Waals surface area (Å²) >= 11 is 10.9. The van der Waals surface area contributed by atoms with E-state index in [1.165, 1.54) is 0 Å². The first-order chi connectivity index (χ1) is 6.79. The molecule has 0 aliphatic carbocycles. The van der Waals surface area contributed by atoms with Gasteiger partial charge in [0.05, 0.1) is 5.69 Å². The largest absolute Gasteiger partial charge is 0.240 e. The average Bonchev–Trinajstić information content (AvgIpc) is 2.66. The van der Waals surface area contributed by atoms with Gasteiger partial charge in [-0.2, -0.15) is 0 Å². The molecule has 0 saturated heterocycles. The van der Waals surface area contributed by atoms with Crippen molar-refractivity contribution in [1.29, 1.82) is 0 Å². The fraction of sp³-hybridized carbons (Fsp3) is 0.100. The first-order valence-electron chi connectivity index (χ1n) is 4.06. The van der Waals surface area contributed by atoms with Gasteiger partial charge in [-0.05, 0) is 12.1 Å². The Kier molecular flexibility index (Phi) is 3.21. The predicted octanol–water partition coefficient (Wildman–Crippen LogP) is 4.36. The lowest BCUT2D eigenvalue weighted by Gasteiger charge is -1.95. The van der Waals surface area contributed by atoms with Crippen molar-refractivity contribution in [3.05, 3.63) is 40.4 Å². The van der Waals surface area contributed by atoms with E-state index >= 15 is 0 Å². The SMILES string of the molecule is Clc1cccc(-c2nc(CBr)cs2)c1. The van der Waals surface area contributed by atoms with Crippen LogP contribution in [-0.4, -0.2) is 4.98 Å². The van der Waals surface area contributed by atoms with Gasteiger partial charge >= 0.3 is 0 Å². The summed E-state index contributed by atoms with van der Waals surface area (Å²) in [6.45, 7) is 0. The first kappa shape index (κ1) is 10.1. The average molecular weight is 289 g/mol. The number of rotatable bonds is 2. The molecule has 0 bridgehead atoms. The van der Waals surface area contributed by atoms with Gasteiger partial charge in [-0.1, -0.05) is 39.7 Å². The number of nitrogens with zero attached hydrogens (tertiary/aromatic N) is 1. The molecule has 0 amide bonds. The summed E-state index contributed by atoms with van der Waals surface area (Å²) < 4.78 is 0. The van der Waals surface area contributed by atoms with Gasteiger partial charge in [0.2, 0.25) is 0 Å². The van der Waals surface area contributed by atoms with Crippen LogP contribution in [0.15, 0.2) is 29.6 Å². The molecule has 0 saturated carbocycles. The summed E-state index contributed by atoms with van der Waals surface area (Å²) in [4.78, 5) is 4.45. The molecule has 0 N–H and O–H groups in total. The zero-order valence-electron chi connectivity index (χ0n) is 7.21. The van der Waals surface area contributed by atoms with Gasteiger partial charge in [0.1, 0.15) is 5.01 Å². The van der Waals surface area contributed by atoms with Crippen LogP contribution in [0.25, 0.3) is 10.6 Å². The number of halogens is 2. The summed E-state index contributed by atoms with van der Waals surface area (Å²) in [6, 6.07) is 7.75. The fourth-order valence-corrected chi connectivity index (χ4v) is 2.63. The molecule has 4 heteroatoms. The summed E-state index contributed by atoms with van der Waals surface area (Å²) in [6.07, 6.45) is 0. The highest BCUT2D eigenvalue weighted by Gasteiger charge is 2.03. The molecule has 0 unspecified atom stereocenters. The van der Waals surface area contributed by atoms with Gasteiger partial charge in [-0.15, -0.1) is 11.3 Å². The molecule has 1 aromatic heterocycles. The molecule has 0 aliphatic heterocycles. The van der Waals surface area contributed by atoms with E-state index in [0.717, 1.165) is 26.6 Å². The molecule has 0 radical (unpaired) electrons. The minimum absolute atomic E-state index is 0.748. The highest BCUT2D eigenvalue weighted by Crippen LogP contribution is 2.26. The molecule has 72 valence electrons. The summed E-state index contributed by atoms with van der Waals surface area (Å²) in [5.41, 5.74) is 2.14. The smallest absolute Gasteiger partial charge is 0.123 e. The van der Waals surface area contributed by atoms with Gasteiger partial charge in [0, 0.05) is 21.3 Å². The van der Waals surface area contributed by atoms with Gasteiger partial charge in [0.25, 0.3) is 0 Å². The summed E-state index contributed by atoms with van der Waals surface area (Å²) in [7, 11) is 0. The number of thiazole rings is 1. The topological polar surface area (TPSA) is 12.9 Å². The van der Waals surface area contributed by atoms with Crippen molar-refractivity contribution in [2.75, 3.05) is 0 Å². The molecule has 0 atom stereocenters. The van der Waals surface area contributed by atoms with Crippen LogP contribution >= 0.6 is 38.9 Å². The molecular weight excluding hydrogens is 282 g/mol. The Labute approximate surface area is 99.9 Å². The number of hydrogen-bond acceptors (Lipinski definition) is 2. The van der Waals surface area contributed by atoms with Crippen LogP contribution in [-0.2, 0) is 5.33 Å². The predicted molar refractivity (Wildman–Crippen MR) is 65.2 cm³/mol. The van der Waals surface area contributed by atoms with Gasteiger partial charge in [-0.3, -0.25) is 0 Å². The van der Waals surface area contributed by atoms with Crippen molar-refractivity contribution >= 4 is 38.9 Å². The summed E-state index contributed by atoms with van der Waals surface area (Å²) in [5, 5.41) is 4.61. The number of benzene rings is 1. The van der Waals surface area contributed by atoms with E-state index in [4.69, 9.17) is 11.6 Å². The van der Waals surface area contributed by atoms with Crippen molar-refractivity contribution < 1.29 is 0 Å². The molecule has 1 aromatic carbocycles. The maximum Gasteiger partial charge on any atom is 0.123 e. The van der Waals surface area contributed by atoms with E-state index in [1.807, 2.05) is 29.6 Å². The molecule has 0 fully saturated rings. The van der Waals surface area contributed by atoms with E-state index < -0.39 is 0 Å². The van der Waals surface area contributed by atoms with Crippen LogP contribution in [0.4, 0.5) is 0 Å². The Balaban J connectivity index is 2.39. The third-order valence-corrected chi connectivity index (χ3v) is 3.51. The Bertz CT molecular complexity index is 441. The van der Waals surface area contributed by atoms with Gasteiger partial charge in [0.15, 0.2) is 0 Å². The monoisotopic (exact) mass is 287 g/mol. The van der Waals surface area contributed by atoms with Crippen molar-refractivity contribution in [3.8, 4) is 10.6 Å². The molecule has 2 rings (SSSR count). The highest BCUT2D eigenvalue weighted by atomic mass is 79.9. The maximum atomic E-state index is 5.90. The van der Waals surface area contributed by atoms with Crippen molar-refractivity contribution in [1.82, 2.24) is 4.98 Å². The third kappa shape index (κ3) is 2.16. The Morgan fingerprint density at radius 2 is 2.29 bits per heavy atom. The number of aromatic nitrogens is 1. The molecule has 2 aromatic rings. The van der Waals surface area contributed by atoms with Crippen LogP contribution in [0, 0.1) is 0 Å². The molecular formula is C10H7BrClNS. The van der Waals surface area contributed by atoms with Crippen LogP contribution in [0.5, 0.6) is 0 Å². The lowest BCUT2D eigenvalue weighted by molar-refractivity contribution is 1.25. The molecule has 0 aliphatic rings. The lowest BCUT2D eigenvalue weighted by Crippen LogP contribution is -1.78. The van der Waals surface area contributed by atoms with Crippen molar-refractivity contribution in [2.45, 2.75) is 5.33 Å². The quantitative estimate of drug-likeness (QED) is 0.748. The zero-order chi connectivity index (χ0) is 9.97. The first-order valence-corrected chi connectivity index (χ1v) is 6.44. The van der Waals surface area contributed by atoms with Crippen LogP contribution < -0.4 is 0 Å². The van der Waals surface area contributed by atoms with E-state index in [2.05, 4.69) is 20.9 Å². The second-order valence-corrected chi connectivity index (χ2v) is 4.64. The second kappa shape index (κ2) is 4.43. The van der Waals surface area contributed by atoms with Crippen molar-refractivity contribution in [3.63, 3.8) is 0 Å². The zero-order valence-corrected chi connectivity index (χ0v) is 10.4. The molecule has 0 spiro atoms. The Morgan fingerprint density at radius 3 is 2.93 bits per heavy atom. The molecule has 14 heavy (non-hydrogen) atoms. The minimum Gasteiger partial charge on any atom is -0.240 e. The number of alkyl halides is 1. The van der Waals surface area contributed by atoms with Crippen molar-refractivity contribution in [2.24, 2.45) is 0 Å². The summed E-state index contributed by atoms with van der Waals surface area (Å²) in [5.74, 6) is 0. The lowest BCUT2D eigenvalue weighted by atomic mass is 10.2. The molecule has 1 nitrogen and oxygen atoms in total. The van der Waals surface area contributed by atoms with Gasteiger partial charge in [-0.25, -0.2) is 4.98 Å². The fourth-order valence-electron chi connectivity index (χ4n) is 1.12. The molecule has 1 heterocycles. The van der Waals surface area contributed by atoms with Gasteiger partial charge < -0.3 is 0 Å². The van der Waals surface area contributed by atoms with Crippen LogP contribution in [0.3, 0.4) is 0 Å². The van der Waals surface area contributed by atoms with E-state index in [-0.39, 0.29) is 0 Å². The maximum absolute atomic E-state index is 5.90. The Hall–Kier alpha value is -0.380. The number of hydrogen-bond donors (Lipinski definition) is 0. The normalized spacial score (nSPS) is 10.4. The standard InChI is InChI=1S/C10H7BrClNS/c11-5-9-6-14-10(13-9)7-2-1-3-8(12)4-7/h1-4,6H,5H2. The highest BCUT2D eigenvalue weighted by molar-refractivity contribution is 9.08. The van der Waals surface area contributed by atoms with Crippen LogP contribution in [0.2, 0.25) is 5.02 Å². The van der Waals surface area contributed by atoms with E-state index in [1.54, 1.807) is 11.3 Å². The van der Waals surface area contributed by atoms with E-state index in [0.29, 0.717) is 0 Å². The van der Waals surface area contributed by atoms with Crippen LogP contribution in [0.1, 0.15) is 5.69 Å². The Morgan fingerprint density at radius 1 is 1.43 bits per heavy atom. The van der Waals surface area contributed by atoms with E-state index in [9.17, 15) is 0 Å². The second-order valence-electron chi connectivity index (χ2n) is 2.79. The minimum atomic E-state index is 0.748.